The van der Waals surface area contributed by atoms with Crippen LogP contribution < -0.4 is 5.32 Å². The summed E-state index contributed by atoms with van der Waals surface area (Å²) in [4.78, 5) is 2.17. The lowest BCUT2D eigenvalue weighted by molar-refractivity contribution is 0.156. The molecule has 1 aliphatic heterocycles. The molecule has 1 saturated heterocycles. The fraction of sp³-hybridized carbons (Fsp3) is 0.600. The maximum absolute atomic E-state index is 14.2. The first-order chi connectivity index (χ1) is 9.63. The van der Waals surface area contributed by atoms with Crippen molar-refractivity contribution in [3.63, 3.8) is 0 Å². The van der Waals surface area contributed by atoms with Crippen LogP contribution in [0.15, 0.2) is 12.1 Å². The van der Waals surface area contributed by atoms with Gasteiger partial charge in [-0.1, -0.05) is 31.4 Å². The van der Waals surface area contributed by atoms with Gasteiger partial charge in [-0.3, -0.25) is 4.90 Å². The maximum atomic E-state index is 14.2. The third-order valence-electron chi connectivity index (χ3n) is 3.80. The van der Waals surface area contributed by atoms with E-state index < -0.39 is 11.6 Å². The molecule has 5 heteroatoms. The molecular formula is C15H21ClF2N2. The highest BCUT2D eigenvalue weighted by Crippen LogP contribution is 2.32. The Bertz CT molecular complexity index is 424. The average molecular weight is 303 g/mol. The number of rotatable bonds is 5. The quantitative estimate of drug-likeness (QED) is 0.891. The van der Waals surface area contributed by atoms with Crippen molar-refractivity contribution < 1.29 is 8.78 Å². The minimum Gasteiger partial charge on any atom is -0.314 e. The van der Waals surface area contributed by atoms with E-state index in [1.54, 1.807) is 0 Å². The standard InChI is InChI=1S/C15H21ClF2N2/c1-2-3-4-14(20-7-5-19-6-8-20)15-12(17)9-11(16)10-13(15)18/h9-10,14,19H,2-8H2,1H3/t14-/m0/s1. The number of benzene rings is 1. The summed E-state index contributed by atoms with van der Waals surface area (Å²) in [6.07, 6.45) is 2.74. The Morgan fingerprint density at radius 3 is 2.40 bits per heavy atom. The highest BCUT2D eigenvalue weighted by atomic mass is 35.5. The minimum absolute atomic E-state index is 0.110. The zero-order valence-electron chi connectivity index (χ0n) is 11.8. The topological polar surface area (TPSA) is 15.3 Å². The summed E-state index contributed by atoms with van der Waals surface area (Å²) in [5.74, 6) is -1.07. The number of unbranched alkanes of at least 4 members (excludes halogenated alkanes) is 1. The number of halogens is 3. The van der Waals surface area contributed by atoms with E-state index >= 15 is 0 Å². The third kappa shape index (κ3) is 3.68. The fourth-order valence-corrected chi connectivity index (χ4v) is 2.96. The number of piperazine rings is 1. The molecule has 0 radical (unpaired) electrons. The molecule has 1 heterocycles. The van der Waals surface area contributed by atoms with Gasteiger partial charge in [0.1, 0.15) is 11.6 Å². The molecular weight excluding hydrogens is 282 g/mol. The van der Waals surface area contributed by atoms with Gasteiger partial charge in [0.05, 0.1) is 0 Å². The molecule has 0 aromatic heterocycles. The van der Waals surface area contributed by atoms with Gasteiger partial charge in [0.25, 0.3) is 0 Å². The lowest BCUT2D eigenvalue weighted by Crippen LogP contribution is -2.45. The van der Waals surface area contributed by atoms with Crippen LogP contribution in [-0.2, 0) is 0 Å². The van der Waals surface area contributed by atoms with Gasteiger partial charge < -0.3 is 5.32 Å². The largest absolute Gasteiger partial charge is 0.314 e. The van der Waals surface area contributed by atoms with Crippen LogP contribution in [0.5, 0.6) is 0 Å². The first-order valence-corrected chi connectivity index (χ1v) is 7.60. The summed E-state index contributed by atoms with van der Waals surface area (Å²) < 4.78 is 28.4. The van der Waals surface area contributed by atoms with Crippen molar-refractivity contribution >= 4 is 11.6 Å². The summed E-state index contributed by atoms with van der Waals surface area (Å²) in [5.41, 5.74) is 0.171. The zero-order chi connectivity index (χ0) is 14.5. The van der Waals surface area contributed by atoms with Crippen LogP contribution in [-0.4, -0.2) is 31.1 Å². The van der Waals surface area contributed by atoms with Crippen LogP contribution in [0.25, 0.3) is 0 Å². The van der Waals surface area contributed by atoms with Gasteiger partial charge in [-0.25, -0.2) is 8.78 Å². The molecule has 0 spiro atoms. The Kier molecular flexibility index (Phi) is 5.75. The molecule has 0 aliphatic carbocycles. The fourth-order valence-electron chi connectivity index (χ4n) is 2.77. The van der Waals surface area contributed by atoms with E-state index in [0.29, 0.717) is 0 Å². The Labute approximate surface area is 124 Å². The van der Waals surface area contributed by atoms with Crippen molar-refractivity contribution in [3.05, 3.63) is 34.4 Å². The van der Waals surface area contributed by atoms with E-state index in [1.165, 1.54) is 12.1 Å². The second-order valence-corrected chi connectivity index (χ2v) is 5.66. The van der Waals surface area contributed by atoms with E-state index in [2.05, 4.69) is 17.1 Å². The maximum Gasteiger partial charge on any atom is 0.132 e. The molecule has 1 aliphatic rings. The van der Waals surface area contributed by atoms with Crippen molar-refractivity contribution in [2.24, 2.45) is 0 Å². The molecule has 1 aromatic rings. The normalized spacial score (nSPS) is 18.2. The zero-order valence-corrected chi connectivity index (χ0v) is 12.5. The SMILES string of the molecule is CCCC[C@@H](c1c(F)cc(Cl)cc1F)N1CCNCC1. The van der Waals surface area contributed by atoms with Crippen molar-refractivity contribution in [1.29, 1.82) is 0 Å². The van der Waals surface area contributed by atoms with Crippen LogP contribution in [0.3, 0.4) is 0 Å². The monoisotopic (exact) mass is 302 g/mol. The summed E-state index contributed by atoms with van der Waals surface area (Å²) in [6, 6.07) is 2.22. The summed E-state index contributed by atoms with van der Waals surface area (Å²) >= 11 is 5.71. The number of hydrogen-bond acceptors (Lipinski definition) is 2. The highest BCUT2D eigenvalue weighted by Gasteiger charge is 2.27. The molecule has 1 aromatic carbocycles. The van der Waals surface area contributed by atoms with Crippen LogP contribution in [0.2, 0.25) is 5.02 Å². The summed E-state index contributed by atoms with van der Waals surface area (Å²) in [5, 5.41) is 3.37. The van der Waals surface area contributed by atoms with Crippen molar-refractivity contribution in [1.82, 2.24) is 10.2 Å². The highest BCUT2D eigenvalue weighted by molar-refractivity contribution is 6.30. The predicted octanol–water partition coefficient (Wildman–Crippen LogP) is 3.75. The van der Waals surface area contributed by atoms with Gasteiger partial charge in [0.2, 0.25) is 0 Å². The number of nitrogens with one attached hydrogen (secondary N) is 1. The Morgan fingerprint density at radius 1 is 1.25 bits per heavy atom. The lowest BCUT2D eigenvalue weighted by Gasteiger charge is -2.35. The minimum atomic E-state index is -0.533. The first-order valence-electron chi connectivity index (χ1n) is 7.22. The molecule has 112 valence electrons. The van der Waals surface area contributed by atoms with Crippen molar-refractivity contribution in [2.75, 3.05) is 26.2 Å². The van der Waals surface area contributed by atoms with Crippen LogP contribution in [0.1, 0.15) is 37.8 Å². The first kappa shape index (κ1) is 15.7. The van der Waals surface area contributed by atoms with Crippen LogP contribution >= 0.6 is 11.6 Å². The van der Waals surface area contributed by atoms with E-state index in [9.17, 15) is 8.78 Å². The second kappa shape index (κ2) is 7.34. The molecule has 1 atom stereocenters. The van der Waals surface area contributed by atoms with E-state index in [0.717, 1.165) is 45.4 Å². The van der Waals surface area contributed by atoms with E-state index in [4.69, 9.17) is 11.6 Å². The average Bonchev–Trinajstić information content (AvgIpc) is 2.42. The Morgan fingerprint density at radius 2 is 1.85 bits per heavy atom. The smallest absolute Gasteiger partial charge is 0.132 e. The number of hydrogen-bond donors (Lipinski definition) is 1. The van der Waals surface area contributed by atoms with Crippen molar-refractivity contribution in [3.8, 4) is 0 Å². The Balaban J connectivity index is 2.29. The molecule has 20 heavy (non-hydrogen) atoms. The van der Waals surface area contributed by atoms with Crippen LogP contribution in [0.4, 0.5) is 8.78 Å². The third-order valence-corrected chi connectivity index (χ3v) is 4.02. The Hall–Kier alpha value is -0.710. The molecule has 1 fully saturated rings. The summed E-state index contributed by atoms with van der Waals surface area (Å²) in [6.45, 7) is 5.44. The van der Waals surface area contributed by atoms with Crippen molar-refractivity contribution in [2.45, 2.75) is 32.2 Å². The van der Waals surface area contributed by atoms with Gasteiger partial charge in [-0.15, -0.1) is 0 Å². The van der Waals surface area contributed by atoms with Crippen LogP contribution in [0, 0.1) is 11.6 Å². The summed E-state index contributed by atoms with van der Waals surface area (Å²) in [7, 11) is 0. The molecule has 1 N–H and O–H groups in total. The molecule has 0 amide bonds. The van der Waals surface area contributed by atoms with E-state index in [1.807, 2.05) is 0 Å². The predicted molar refractivity (Wildman–Crippen MR) is 78.1 cm³/mol. The lowest BCUT2D eigenvalue weighted by atomic mass is 9.97. The molecule has 0 unspecified atom stereocenters. The molecule has 0 saturated carbocycles. The van der Waals surface area contributed by atoms with E-state index in [-0.39, 0.29) is 16.6 Å². The molecule has 2 nitrogen and oxygen atoms in total. The molecule has 0 bridgehead atoms. The second-order valence-electron chi connectivity index (χ2n) is 5.23. The van der Waals surface area contributed by atoms with Gasteiger partial charge in [0, 0.05) is 42.8 Å². The van der Waals surface area contributed by atoms with Gasteiger partial charge in [-0.2, -0.15) is 0 Å². The molecule has 2 rings (SSSR count). The number of nitrogens with zero attached hydrogens (tertiary/aromatic N) is 1. The van der Waals surface area contributed by atoms with Gasteiger partial charge in [-0.05, 0) is 18.6 Å². The van der Waals surface area contributed by atoms with Gasteiger partial charge >= 0.3 is 0 Å². The van der Waals surface area contributed by atoms with Gasteiger partial charge in [0.15, 0.2) is 0 Å².